The van der Waals surface area contributed by atoms with E-state index in [9.17, 15) is 36.7 Å². The Morgan fingerprint density at radius 3 is 2.68 bits per heavy atom. The van der Waals surface area contributed by atoms with Crippen LogP contribution in [0.25, 0.3) is 21.2 Å². The maximum atomic E-state index is 13.8. The first-order valence-corrected chi connectivity index (χ1v) is 11.0. The van der Waals surface area contributed by atoms with E-state index in [1.165, 1.54) is 23.4 Å². The highest BCUT2D eigenvalue weighted by atomic mass is 32.1. The van der Waals surface area contributed by atoms with Gasteiger partial charge in [0.2, 0.25) is 5.91 Å². The van der Waals surface area contributed by atoms with Gasteiger partial charge in [-0.1, -0.05) is 11.2 Å². The summed E-state index contributed by atoms with van der Waals surface area (Å²) in [6.45, 7) is 1.15. The molecule has 1 fully saturated rings. The van der Waals surface area contributed by atoms with Gasteiger partial charge < -0.3 is 14.7 Å². The zero-order chi connectivity index (χ0) is 24.8. The van der Waals surface area contributed by atoms with Gasteiger partial charge >= 0.3 is 6.18 Å². The summed E-state index contributed by atoms with van der Waals surface area (Å²) in [4.78, 5) is 27.3. The van der Waals surface area contributed by atoms with Crippen molar-refractivity contribution >= 4 is 33.0 Å². The SMILES string of the molecule is C/C(=N/O)c1cn(CC(=O)N2CCC(F)C2)c(=O)c2c(-c3ccc(F)c(C(F)(F)F)c3)csc12. The standard InChI is InChI=1S/C22H18F5N3O3S/c1-11(28-33)14-8-30(9-18(31)29-5-4-13(23)7-29)21(32)19-15(10-34-20(14)19)12-2-3-17(24)16(6-12)22(25,26)27/h2-3,6,8,10,13,33H,4-5,7,9H2,1H3/b28-11-. The number of hydrogen-bond donors (Lipinski definition) is 1. The lowest BCUT2D eigenvalue weighted by atomic mass is 10.0. The molecular weight excluding hydrogens is 481 g/mol. The molecule has 4 rings (SSSR count). The number of halogens is 5. The summed E-state index contributed by atoms with van der Waals surface area (Å²) in [7, 11) is 0. The highest BCUT2D eigenvalue weighted by Crippen LogP contribution is 2.38. The fourth-order valence-corrected chi connectivity index (χ4v) is 5.06. The molecule has 1 atom stereocenters. The lowest BCUT2D eigenvalue weighted by molar-refractivity contribution is -0.140. The van der Waals surface area contributed by atoms with E-state index >= 15 is 0 Å². The van der Waals surface area contributed by atoms with E-state index in [0.29, 0.717) is 22.4 Å². The van der Waals surface area contributed by atoms with E-state index in [2.05, 4.69) is 5.16 Å². The van der Waals surface area contributed by atoms with Crippen LogP contribution in [0.2, 0.25) is 0 Å². The Bertz CT molecular complexity index is 1360. The summed E-state index contributed by atoms with van der Waals surface area (Å²) in [5.41, 5.74) is -1.65. The molecule has 0 spiro atoms. The first-order chi connectivity index (χ1) is 16.0. The van der Waals surface area contributed by atoms with Gasteiger partial charge in [-0.25, -0.2) is 8.78 Å². The highest BCUT2D eigenvalue weighted by Gasteiger charge is 2.34. The zero-order valence-electron chi connectivity index (χ0n) is 17.7. The minimum absolute atomic E-state index is 0.00261. The lowest BCUT2D eigenvalue weighted by Gasteiger charge is -2.17. The molecule has 180 valence electrons. The van der Waals surface area contributed by atoms with Gasteiger partial charge in [0, 0.05) is 29.2 Å². The summed E-state index contributed by atoms with van der Waals surface area (Å²) >= 11 is 1.04. The molecule has 1 amide bonds. The third kappa shape index (κ3) is 4.29. The van der Waals surface area contributed by atoms with Crippen molar-refractivity contribution in [2.24, 2.45) is 5.16 Å². The van der Waals surface area contributed by atoms with E-state index < -0.39 is 41.7 Å². The number of fused-ring (bicyclic) bond motifs is 1. The van der Waals surface area contributed by atoms with Crippen LogP contribution in [-0.2, 0) is 17.5 Å². The van der Waals surface area contributed by atoms with Crippen LogP contribution >= 0.6 is 11.3 Å². The molecule has 0 aliphatic carbocycles. The molecule has 0 saturated carbocycles. The number of likely N-dealkylation sites (tertiary alicyclic amines) is 1. The number of aromatic nitrogens is 1. The van der Waals surface area contributed by atoms with Crippen LogP contribution in [0.15, 0.2) is 39.7 Å². The van der Waals surface area contributed by atoms with Crippen LogP contribution in [0.5, 0.6) is 0 Å². The Kier molecular flexibility index (Phi) is 6.19. The summed E-state index contributed by atoms with van der Waals surface area (Å²) in [5.74, 6) is -1.94. The number of hydrogen-bond acceptors (Lipinski definition) is 5. The molecule has 3 heterocycles. The number of carbonyl (C=O) groups is 1. The second-order valence-corrected chi connectivity index (χ2v) is 8.81. The Hall–Kier alpha value is -3.28. The second-order valence-electron chi connectivity index (χ2n) is 7.93. The molecule has 1 aliphatic heterocycles. The van der Waals surface area contributed by atoms with Crippen molar-refractivity contribution in [3.8, 4) is 11.1 Å². The van der Waals surface area contributed by atoms with Gasteiger partial charge in [0.1, 0.15) is 18.5 Å². The van der Waals surface area contributed by atoms with Gasteiger partial charge in [-0.3, -0.25) is 9.59 Å². The van der Waals surface area contributed by atoms with E-state index in [1.807, 2.05) is 0 Å². The Morgan fingerprint density at radius 2 is 2.06 bits per heavy atom. The lowest BCUT2D eigenvalue weighted by Crippen LogP contribution is -2.35. The molecule has 6 nitrogen and oxygen atoms in total. The zero-order valence-corrected chi connectivity index (χ0v) is 18.5. The third-order valence-corrected chi connectivity index (χ3v) is 6.72. The molecule has 2 aromatic heterocycles. The second kappa shape index (κ2) is 8.82. The number of oxime groups is 1. The number of benzene rings is 1. The predicted octanol–water partition coefficient (Wildman–Crippen LogP) is 4.66. The summed E-state index contributed by atoms with van der Waals surface area (Å²) in [6.07, 6.45) is -4.56. The Balaban J connectivity index is 1.89. The molecule has 34 heavy (non-hydrogen) atoms. The molecule has 0 bridgehead atoms. The molecule has 3 aromatic rings. The number of pyridine rings is 1. The van der Waals surface area contributed by atoms with Crippen molar-refractivity contribution in [1.29, 1.82) is 0 Å². The molecule has 12 heteroatoms. The van der Waals surface area contributed by atoms with Crippen LogP contribution < -0.4 is 5.56 Å². The number of alkyl halides is 4. The van der Waals surface area contributed by atoms with Gasteiger partial charge in [0.25, 0.3) is 5.56 Å². The summed E-state index contributed by atoms with van der Waals surface area (Å²) < 4.78 is 68.4. The smallest absolute Gasteiger partial charge is 0.411 e. The van der Waals surface area contributed by atoms with Crippen molar-refractivity contribution in [3.63, 3.8) is 0 Å². The molecule has 1 saturated heterocycles. The third-order valence-electron chi connectivity index (χ3n) is 5.71. The summed E-state index contributed by atoms with van der Waals surface area (Å²) in [6, 6.07) is 2.43. The quantitative estimate of drug-likeness (QED) is 0.246. The van der Waals surface area contributed by atoms with Crippen molar-refractivity contribution in [2.45, 2.75) is 32.2 Å². The van der Waals surface area contributed by atoms with Crippen LogP contribution in [0.3, 0.4) is 0 Å². The first-order valence-electron chi connectivity index (χ1n) is 10.1. The van der Waals surface area contributed by atoms with Gasteiger partial charge in [-0.05, 0) is 31.0 Å². The fraction of sp³-hybridized carbons (Fsp3) is 0.318. The normalized spacial score (nSPS) is 17.1. The number of nitrogens with zero attached hydrogens (tertiary/aromatic N) is 3. The highest BCUT2D eigenvalue weighted by molar-refractivity contribution is 7.18. The van der Waals surface area contributed by atoms with Crippen molar-refractivity contribution < 1.29 is 32.0 Å². The predicted molar refractivity (Wildman–Crippen MR) is 117 cm³/mol. The van der Waals surface area contributed by atoms with E-state index in [-0.39, 0.29) is 41.7 Å². The van der Waals surface area contributed by atoms with Gasteiger partial charge in [-0.2, -0.15) is 13.2 Å². The van der Waals surface area contributed by atoms with Crippen molar-refractivity contribution in [3.05, 3.63) is 57.1 Å². The molecule has 1 N–H and O–H groups in total. The maximum Gasteiger partial charge on any atom is 0.419 e. The van der Waals surface area contributed by atoms with E-state index in [0.717, 1.165) is 22.0 Å². The largest absolute Gasteiger partial charge is 0.419 e. The van der Waals surface area contributed by atoms with Crippen LogP contribution in [0, 0.1) is 5.82 Å². The average molecular weight is 499 g/mol. The Morgan fingerprint density at radius 1 is 1.32 bits per heavy atom. The van der Waals surface area contributed by atoms with E-state index in [1.54, 1.807) is 0 Å². The minimum Gasteiger partial charge on any atom is -0.411 e. The molecule has 0 radical (unpaired) electrons. The molecule has 1 unspecified atom stereocenters. The number of amides is 1. The van der Waals surface area contributed by atoms with Crippen LogP contribution in [0.4, 0.5) is 22.0 Å². The summed E-state index contributed by atoms with van der Waals surface area (Å²) in [5, 5.41) is 13.9. The maximum absolute atomic E-state index is 13.8. The van der Waals surface area contributed by atoms with Crippen LogP contribution in [0.1, 0.15) is 24.5 Å². The molecular formula is C22H18F5N3O3S. The number of thiophene rings is 1. The topological polar surface area (TPSA) is 74.9 Å². The van der Waals surface area contributed by atoms with Gasteiger partial charge in [0.05, 0.1) is 27.9 Å². The van der Waals surface area contributed by atoms with Gasteiger partial charge in [-0.15, -0.1) is 11.3 Å². The van der Waals surface area contributed by atoms with Crippen molar-refractivity contribution in [2.75, 3.05) is 13.1 Å². The Labute approximate surface area is 193 Å². The van der Waals surface area contributed by atoms with Gasteiger partial charge in [0.15, 0.2) is 0 Å². The molecule has 1 aromatic carbocycles. The number of carbonyl (C=O) groups excluding carboxylic acids is 1. The van der Waals surface area contributed by atoms with Crippen molar-refractivity contribution in [1.82, 2.24) is 9.47 Å². The average Bonchev–Trinajstić information content (AvgIpc) is 3.41. The monoisotopic (exact) mass is 499 g/mol. The van der Waals surface area contributed by atoms with E-state index in [4.69, 9.17) is 0 Å². The van der Waals surface area contributed by atoms with Crippen LogP contribution in [-0.4, -0.2) is 45.6 Å². The molecule has 1 aliphatic rings. The number of rotatable bonds is 4. The first kappa shape index (κ1) is 23.9. The minimum atomic E-state index is -4.94. The fourth-order valence-electron chi connectivity index (χ4n) is 3.93.